The predicted molar refractivity (Wildman–Crippen MR) is 284 cm³/mol. The summed E-state index contributed by atoms with van der Waals surface area (Å²) in [4.78, 5) is 11.1. The lowest BCUT2D eigenvalue weighted by Crippen LogP contribution is -2.36. The van der Waals surface area contributed by atoms with Crippen molar-refractivity contribution in [3.63, 3.8) is 0 Å². The molecule has 0 saturated carbocycles. The minimum absolute atomic E-state index is 0.322. The second-order valence-corrected chi connectivity index (χ2v) is 17.7. The molecule has 1 aliphatic carbocycles. The summed E-state index contributed by atoms with van der Waals surface area (Å²) in [6, 6.07) is 80.4. The molecule has 1 N–H and O–H groups in total. The molecule has 0 radical (unpaired) electrons. The summed E-state index contributed by atoms with van der Waals surface area (Å²) in [5.41, 5.74) is 15.9. The highest BCUT2D eigenvalue weighted by atomic mass is 15.3. The number of amidine groups is 2. The first kappa shape index (κ1) is 39.6. The number of rotatable bonds is 8. The quantitative estimate of drug-likeness (QED) is 0.162. The van der Waals surface area contributed by atoms with Gasteiger partial charge in [-0.05, 0) is 46.4 Å². The van der Waals surface area contributed by atoms with Gasteiger partial charge in [-0.25, -0.2) is 9.98 Å². The fourth-order valence-corrected chi connectivity index (χ4v) is 10.5. The Hall–Kier alpha value is -8.80. The zero-order chi connectivity index (χ0) is 45.0. The van der Waals surface area contributed by atoms with Crippen molar-refractivity contribution in [2.45, 2.75) is 18.6 Å². The Morgan fingerprint density at radius 1 is 0.412 bits per heavy atom. The average Bonchev–Trinajstić information content (AvgIpc) is 3.95. The number of nitrogens with one attached hydrogen (secondary N) is 1. The molecule has 0 fully saturated rings. The molecule has 322 valence electrons. The number of hydrogen-bond acceptors (Lipinski definition) is 3. The summed E-state index contributed by atoms with van der Waals surface area (Å²) in [7, 11) is 0. The molecular formula is C63H45N5. The minimum Gasteiger partial charge on any atom is -0.324 e. The lowest BCUT2D eigenvalue weighted by atomic mass is 9.87. The molecule has 9 aromatic carbocycles. The summed E-state index contributed by atoms with van der Waals surface area (Å²) in [5.74, 6) is 1.86. The number of benzene rings is 9. The standard InChI is InChI=1S/C63H45N5/c1-5-18-42(19-6-1)44-32-36-47(37-33-44)51-29-17-28-50(46-22-9-3-10-23-46)58(51)67-56-30-15-13-26-52(56)54-40-41-55-53-27-14-16-31-57(53)68(60(55)59(54)67)63-65-61(48-24-11-4-12-25-48)64-62(66-63)49-38-34-45(35-39-49)43-20-7-2-8-21-43/h1-32,34-41,44,63H,33H2,(H,64,65,66). The van der Waals surface area contributed by atoms with E-state index in [0.717, 1.165) is 84.4 Å². The van der Waals surface area contributed by atoms with Crippen molar-refractivity contribution in [1.82, 2.24) is 14.5 Å². The number of fused-ring (bicyclic) bond motifs is 7. The van der Waals surface area contributed by atoms with Gasteiger partial charge in [-0.3, -0.25) is 4.57 Å². The van der Waals surface area contributed by atoms with Gasteiger partial charge in [0.25, 0.3) is 0 Å². The molecule has 11 aromatic rings. The Morgan fingerprint density at radius 3 is 1.59 bits per heavy atom. The molecule has 2 aromatic heterocycles. The number of aromatic nitrogens is 2. The van der Waals surface area contributed by atoms with Gasteiger partial charge in [-0.15, -0.1) is 0 Å². The topological polar surface area (TPSA) is 46.6 Å². The van der Waals surface area contributed by atoms with Crippen LogP contribution in [0.15, 0.2) is 253 Å². The smallest absolute Gasteiger partial charge is 0.225 e. The van der Waals surface area contributed by atoms with Crippen molar-refractivity contribution < 1.29 is 0 Å². The van der Waals surface area contributed by atoms with Crippen molar-refractivity contribution in [2.75, 3.05) is 0 Å². The van der Waals surface area contributed by atoms with Gasteiger partial charge >= 0.3 is 0 Å². The first-order chi connectivity index (χ1) is 33.7. The van der Waals surface area contributed by atoms with Crippen LogP contribution in [0.25, 0.3) is 77.1 Å². The molecule has 13 rings (SSSR count). The molecule has 0 spiro atoms. The summed E-state index contributed by atoms with van der Waals surface area (Å²) in [5, 5.41) is 8.35. The SMILES string of the molecule is C1=CC(c2ccccc2)CC=C1c1cccc(-c2ccccc2)c1-n1c2ccccc2c2ccc3c4ccccc4n(C4N=C(c5ccccc5)NC(c5ccc(-c6ccccc6)cc5)=N4)c3c21. The van der Waals surface area contributed by atoms with Crippen molar-refractivity contribution in [3.8, 4) is 27.9 Å². The van der Waals surface area contributed by atoms with Crippen molar-refractivity contribution >= 4 is 60.9 Å². The molecule has 0 amide bonds. The molecule has 3 heterocycles. The summed E-state index contributed by atoms with van der Waals surface area (Å²) >= 11 is 0. The van der Waals surface area contributed by atoms with Gasteiger partial charge in [0.1, 0.15) is 11.7 Å². The fraction of sp³-hybridized carbons (Fsp3) is 0.0476. The van der Waals surface area contributed by atoms with Crippen LogP contribution in [0, 0.1) is 0 Å². The highest BCUT2D eigenvalue weighted by Crippen LogP contribution is 2.46. The zero-order valence-corrected chi connectivity index (χ0v) is 37.2. The monoisotopic (exact) mass is 871 g/mol. The van der Waals surface area contributed by atoms with Gasteiger partial charge in [0.2, 0.25) is 6.29 Å². The van der Waals surface area contributed by atoms with Crippen molar-refractivity contribution in [1.29, 1.82) is 0 Å². The second kappa shape index (κ2) is 16.6. The van der Waals surface area contributed by atoms with Gasteiger partial charge < -0.3 is 9.88 Å². The normalized spacial score (nSPS) is 15.9. The van der Waals surface area contributed by atoms with Crippen LogP contribution in [-0.4, -0.2) is 20.8 Å². The first-order valence-electron chi connectivity index (χ1n) is 23.5. The summed E-state index contributed by atoms with van der Waals surface area (Å²) in [6.07, 6.45) is 7.44. The van der Waals surface area contributed by atoms with E-state index in [-0.39, 0.29) is 0 Å². The van der Waals surface area contributed by atoms with Crippen LogP contribution in [0.2, 0.25) is 0 Å². The molecule has 2 unspecified atom stereocenters. The molecule has 1 aliphatic heterocycles. The van der Waals surface area contributed by atoms with E-state index in [9.17, 15) is 0 Å². The number of allylic oxidation sites excluding steroid dienone is 4. The third-order valence-corrected chi connectivity index (χ3v) is 13.8. The van der Waals surface area contributed by atoms with Crippen LogP contribution in [0.5, 0.6) is 0 Å². The maximum Gasteiger partial charge on any atom is 0.225 e. The van der Waals surface area contributed by atoms with Gasteiger partial charge in [0, 0.05) is 49.7 Å². The summed E-state index contributed by atoms with van der Waals surface area (Å²) < 4.78 is 4.94. The van der Waals surface area contributed by atoms with E-state index in [0.29, 0.717) is 5.92 Å². The van der Waals surface area contributed by atoms with E-state index < -0.39 is 6.29 Å². The molecule has 2 atom stereocenters. The summed E-state index contributed by atoms with van der Waals surface area (Å²) in [6.45, 7) is 0. The third kappa shape index (κ3) is 6.70. The van der Waals surface area contributed by atoms with E-state index >= 15 is 0 Å². The van der Waals surface area contributed by atoms with Crippen LogP contribution >= 0.6 is 0 Å². The van der Waals surface area contributed by atoms with Gasteiger partial charge in [-0.1, -0.05) is 231 Å². The van der Waals surface area contributed by atoms with E-state index in [1.165, 1.54) is 33.0 Å². The maximum atomic E-state index is 5.58. The van der Waals surface area contributed by atoms with Gasteiger partial charge in [0.15, 0.2) is 0 Å². The number of hydrogen-bond donors (Lipinski definition) is 1. The highest BCUT2D eigenvalue weighted by Gasteiger charge is 2.29. The van der Waals surface area contributed by atoms with E-state index in [1.807, 2.05) is 6.07 Å². The fourth-order valence-electron chi connectivity index (χ4n) is 10.5. The van der Waals surface area contributed by atoms with Crippen LogP contribution in [-0.2, 0) is 0 Å². The molecule has 5 heteroatoms. The van der Waals surface area contributed by atoms with E-state index in [1.54, 1.807) is 0 Å². The van der Waals surface area contributed by atoms with Crippen LogP contribution in [0.4, 0.5) is 0 Å². The Labute approximate surface area is 395 Å². The Bertz CT molecular complexity index is 3820. The molecule has 0 bridgehead atoms. The average molecular weight is 872 g/mol. The largest absolute Gasteiger partial charge is 0.324 e. The highest BCUT2D eigenvalue weighted by molar-refractivity contribution is 6.24. The van der Waals surface area contributed by atoms with Gasteiger partial charge in [-0.2, -0.15) is 0 Å². The first-order valence-corrected chi connectivity index (χ1v) is 23.5. The Kier molecular flexibility index (Phi) is 9.64. The maximum absolute atomic E-state index is 5.58. The second-order valence-electron chi connectivity index (χ2n) is 17.7. The minimum atomic E-state index is -0.641. The number of nitrogens with zero attached hydrogens (tertiary/aromatic N) is 4. The van der Waals surface area contributed by atoms with Crippen LogP contribution in [0.1, 0.15) is 40.9 Å². The lowest BCUT2D eigenvalue weighted by molar-refractivity contribution is 0.576. The molecule has 0 saturated heterocycles. The van der Waals surface area contributed by atoms with Crippen LogP contribution < -0.4 is 5.32 Å². The molecular weight excluding hydrogens is 827 g/mol. The van der Waals surface area contributed by atoms with Crippen LogP contribution in [0.3, 0.4) is 0 Å². The Morgan fingerprint density at radius 2 is 0.926 bits per heavy atom. The zero-order valence-electron chi connectivity index (χ0n) is 37.2. The van der Waals surface area contributed by atoms with E-state index in [4.69, 9.17) is 9.98 Å². The predicted octanol–water partition coefficient (Wildman–Crippen LogP) is 15.3. The number of para-hydroxylation sites is 3. The van der Waals surface area contributed by atoms with Crippen molar-refractivity contribution in [2.24, 2.45) is 9.98 Å². The Balaban J connectivity index is 1.09. The molecule has 68 heavy (non-hydrogen) atoms. The molecule has 5 nitrogen and oxygen atoms in total. The van der Waals surface area contributed by atoms with E-state index in [2.05, 4.69) is 251 Å². The number of aliphatic imine (C=N–C) groups is 2. The van der Waals surface area contributed by atoms with Crippen molar-refractivity contribution in [3.05, 3.63) is 265 Å². The van der Waals surface area contributed by atoms with Gasteiger partial charge in [0.05, 0.1) is 27.8 Å². The molecule has 2 aliphatic rings. The third-order valence-electron chi connectivity index (χ3n) is 13.8. The lowest BCUT2D eigenvalue weighted by Gasteiger charge is -2.25.